The Morgan fingerprint density at radius 2 is 2.00 bits per heavy atom. The Hall–Kier alpha value is -0.710. The molecule has 0 saturated carbocycles. The first-order valence-electron chi connectivity index (χ1n) is 6.82. The van der Waals surface area contributed by atoms with Crippen LogP contribution < -0.4 is 5.32 Å². The van der Waals surface area contributed by atoms with Gasteiger partial charge in [0, 0.05) is 36.3 Å². The monoisotopic (exact) mass is 283 g/mol. The van der Waals surface area contributed by atoms with E-state index in [9.17, 15) is 4.21 Å². The van der Waals surface area contributed by atoms with Crippen molar-refractivity contribution in [2.45, 2.75) is 31.1 Å². The summed E-state index contributed by atoms with van der Waals surface area (Å²) in [6.07, 6.45) is 1.75. The van der Waals surface area contributed by atoms with Gasteiger partial charge in [-0.15, -0.1) is 0 Å². The number of ether oxygens (including phenoxy) is 1. The van der Waals surface area contributed by atoms with Crippen LogP contribution in [0.4, 0.5) is 0 Å². The lowest BCUT2D eigenvalue weighted by molar-refractivity contribution is 0.200. The molecule has 0 bridgehead atoms. The molecule has 108 valence electrons. The third-order valence-electron chi connectivity index (χ3n) is 3.28. The number of hydrogen-bond donors (Lipinski definition) is 1. The second kappa shape index (κ2) is 9.23. The van der Waals surface area contributed by atoms with Gasteiger partial charge < -0.3 is 10.1 Å². The van der Waals surface area contributed by atoms with E-state index in [1.54, 1.807) is 7.11 Å². The van der Waals surface area contributed by atoms with Crippen molar-refractivity contribution >= 4 is 10.8 Å². The first kappa shape index (κ1) is 16.3. The summed E-state index contributed by atoms with van der Waals surface area (Å²) >= 11 is 0. The highest BCUT2D eigenvalue weighted by Gasteiger charge is 2.25. The molecule has 19 heavy (non-hydrogen) atoms. The van der Waals surface area contributed by atoms with Gasteiger partial charge in [-0.2, -0.15) is 0 Å². The van der Waals surface area contributed by atoms with Crippen molar-refractivity contribution in [3.05, 3.63) is 35.9 Å². The van der Waals surface area contributed by atoms with Gasteiger partial charge in [0.15, 0.2) is 0 Å². The number of nitrogens with one attached hydrogen (secondary N) is 1. The van der Waals surface area contributed by atoms with Crippen LogP contribution in [0.5, 0.6) is 0 Å². The molecule has 1 rings (SSSR count). The van der Waals surface area contributed by atoms with Crippen molar-refractivity contribution in [1.82, 2.24) is 5.32 Å². The minimum Gasteiger partial charge on any atom is -0.385 e. The standard InChI is InChI=1S/C15H25NO2S/c1-4-14(19(17)12-8-11-18-3)15(16-2)13-9-6-5-7-10-13/h5-7,9-10,14-16H,4,8,11-12H2,1-3H3. The van der Waals surface area contributed by atoms with Gasteiger partial charge in [0.25, 0.3) is 0 Å². The molecular formula is C15H25NO2S. The lowest BCUT2D eigenvalue weighted by Gasteiger charge is -2.26. The van der Waals surface area contributed by atoms with Crippen LogP contribution in [0.3, 0.4) is 0 Å². The average Bonchev–Trinajstić information content (AvgIpc) is 2.45. The molecule has 1 aromatic rings. The van der Waals surface area contributed by atoms with Crippen LogP contribution >= 0.6 is 0 Å². The fourth-order valence-corrected chi connectivity index (χ4v) is 3.97. The summed E-state index contributed by atoms with van der Waals surface area (Å²) in [5, 5.41) is 3.46. The zero-order valence-electron chi connectivity index (χ0n) is 12.1. The lowest BCUT2D eigenvalue weighted by Crippen LogP contribution is -2.33. The van der Waals surface area contributed by atoms with E-state index in [1.165, 1.54) is 5.56 Å². The molecule has 0 aliphatic carbocycles. The molecule has 3 nitrogen and oxygen atoms in total. The van der Waals surface area contributed by atoms with E-state index in [4.69, 9.17) is 4.74 Å². The van der Waals surface area contributed by atoms with E-state index in [1.807, 2.05) is 25.2 Å². The van der Waals surface area contributed by atoms with Crippen LogP contribution in [-0.2, 0) is 15.5 Å². The number of rotatable bonds is 9. The van der Waals surface area contributed by atoms with E-state index in [-0.39, 0.29) is 11.3 Å². The van der Waals surface area contributed by atoms with Crippen LogP contribution in [0.25, 0.3) is 0 Å². The molecule has 0 amide bonds. The molecule has 0 spiro atoms. The van der Waals surface area contributed by atoms with E-state index >= 15 is 0 Å². The summed E-state index contributed by atoms with van der Waals surface area (Å²) in [5.74, 6) is 0.706. The fraction of sp³-hybridized carbons (Fsp3) is 0.600. The summed E-state index contributed by atoms with van der Waals surface area (Å²) in [7, 11) is 2.79. The molecule has 1 aromatic carbocycles. The summed E-state index contributed by atoms with van der Waals surface area (Å²) < 4.78 is 17.5. The van der Waals surface area contributed by atoms with Crippen LogP contribution in [0, 0.1) is 0 Å². The maximum Gasteiger partial charge on any atom is 0.0540 e. The minimum atomic E-state index is -0.832. The van der Waals surface area contributed by atoms with Crippen LogP contribution in [0.15, 0.2) is 30.3 Å². The lowest BCUT2D eigenvalue weighted by atomic mass is 10.0. The molecule has 1 N–H and O–H groups in total. The molecule has 0 radical (unpaired) electrons. The first-order chi connectivity index (χ1) is 9.24. The molecule has 0 aliphatic heterocycles. The van der Waals surface area contributed by atoms with Crippen molar-refractivity contribution in [3.8, 4) is 0 Å². The third kappa shape index (κ3) is 5.05. The van der Waals surface area contributed by atoms with Gasteiger partial charge in [0.1, 0.15) is 0 Å². The highest BCUT2D eigenvalue weighted by atomic mass is 32.2. The van der Waals surface area contributed by atoms with E-state index in [0.29, 0.717) is 12.4 Å². The van der Waals surface area contributed by atoms with E-state index < -0.39 is 10.8 Å². The summed E-state index contributed by atoms with van der Waals surface area (Å²) in [4.78, 5) is 0. The Balaban J connectivity index is 2.73. The SMILES string of the molecule is CCC(C(NC)c1ccccc1)S(=O)CCCOC. The van der Waals surface area contributed by atoms with Crippen LogP contribution in [0.1, 0.15) is 31.4 Å². The van der Waals surface area contributed by atoms with Crippen molar-refractivity contribution in [2.75, 3.05) is 26.5 Å². The van der Waals surface area contributed by atoms with Crippen LogP contribution in [0.2, 0.25) is 0 Å². The van der Waals surface area contributed by atoms with Gasteiger partial charge in [-0.25, -0.2) is 0 Å². The van der Waals surface area contributed by atoms with Crippen LogP contribution in [-0.4, -0.2) is 36.0 Å². The Morgan fingerprint density at radius 3 is 2.53 bits per heavy atom. The maximum atomic E-state index is 12.4. The Kier molecular flexibility index (Phi) is 7.94. The van der Waals surface area contributed by atoms with Crippen molar-refractivity contribution in [3.63, 3.8) is 0 Å². The largest absolute Gasteiger partial charge is 0.385 e. The quantitative estimate of drug-likeness (QED) is 0.708. The first-order valence-corrected chi connectivity index (χ1v) is 8.21. The normalized spacial score (nSPS) is 15.9. The van der Waals surface area contributed by atoms with Gasteiger partial charge >= 0.3 is 0 Å². The number of hydrogen-bond acceptors (Lipinski definition) is 3. The fourth-order valence-electron chi connectivity index (χ4n) is 2.30. The smallest absolute Gasteiger partial charge is 0.0540 e. The summed E-state index contributed by atoms with van der Waals surface area (Å²) in [6.45, 7) is 2.78. The van der Waals surface area contributed by atoms with Gasteiger partial charge in [0.05, 0.1) is 5.25 Å². The Morgan fingerprint density at radius 1 is 1.32 bits per heavy atom. The van der Waals surface area contributed by atoms with Gasteiger partial charge in [-0.05, 0) is 25.5 Å². The molecular weight excluding hydrogens is 258 g/mol. The summed E-state index contributed by atoms with van der Waals surface area (Å²) in [6, 6.07) is 10.4. The van der Waals surface area contributed by atoms with E-state index in [2.05, 4.69) is 24.4 Å². The van der Waals surface area contributed by atoms with Gasteiger partial charge in [-0.1, -0.05) is 37.3 Å². The highest BCUT2D eigenvalue weighted by molar-refractivity contribution is 7.85. The van der Waals surface area contributed by atoms with Gasteiger partial charge in [-0.3, -0.25) is 4.21 Å². The minimum absolute atomic E-state index is 0.143. The topological polar surface area (TPSA) is 38.3 Å². The molecule has 3 unspecified atom stereocenters. The molecule has 0 aromatic heterocycles. The Labute approximate surface area is 119 Å². The third-order valence-corrected chi connectivity index (χ3v) is 5.25. The maximum absolute atomic E-state index is 12.4. The molecule has 3 atom stereocenters. The number of methoxy groups -OCH3 is 1. The van der Waals surface area contributed by atoms with E-state index in [0.717, 1.165) is 12.8 Å². The molecule has 0 saturated heterocycles. The Bertz CT molecular complexity index is 370. The molecule has 0 fully saturated rings. The van der Waals surface area contributed by atoms with Gasteiger partial charge in [0.2, 0.25) is 0 Å². The van der Waals surface area contributed by atoms with Crippen molar-refractivity contribution in [1.29, 1.82) is 0 Å². The van der Waals surface area contributed by atoms with Crippen molar-refractivity contribution < 1.29 is 8.95 Å². The highest BCUT2D eigenvalue weighted by Crippen LogP contribution is 2.23. The van der Waals surface area contributed by atoms with Crippen molar-refractivity contribution in [2.24, 2.45) is 0 Å². The molecule has 4 heteroatoms. The second-order valence-corrected chi connectivity index (χ2v) is 6.33. The summed E-state index contributed by atoms with van der Waals surface area (Å²) in [5.41, 5.74) is 1.21. The predicted molar refractivity (Wildman–Crippen MR) is 81.8 cm³/mol. The predicted octanol–water partition coefficient (Wildman–Crippen LogP) is 2.51. The molecule has 0 heterocycles. The second-order valence-electron chi connectivity index (χ2n) is 4.55. The average molecular weight is 283 g/mol. The zero-order valence-corrected chi connectivity index (χ0v) is 12.9. The zero-order chi connectivity index (χ0) is 14.1. The molecule has 0 aliphatic rings. The number of benzene rings is 1.